The lowest BCUT2D eigenvalue weighted by Crippen LogP contribution is -2.40. The first-order chi connectivity index (χ1) is 15.0. The van der Waals surface area contributed by atoms with Crippen LogP contribution in [0, 0.1) is 6.92 Å². The first kappa shape index (κ1) is 21.4. The summed E-state index contributed by atoms with van der Waals surface area (Å²) >= 11 is 0. The van der Waals surface area contributed by atoms with Crippen LogP contribution in [0.5, 0.6) is 0 Å². The minimum atomic E-state index is -0.287. The monoisotopic (exact) mass is 421 g/mol. The molecule has 0 saturated carbocycles. The Morgan fingerprint density at radius 2 is 1.94 bits per heavy atom. The number of carbonyl (C=O) groups excluding carboxylic acids is 2. The van der Waals surface area contributed by atoms with Crippen molar-refractivity contribution in [1.29, 1.82) is 0 Å². The van der Waals surface area contributed by atoms with Crippen molar-refractivity contribution in [2.45, 2.75) is 57.9 Å². The number of likely N-dealkylation sites (tertiary alicyclic amines) is 1. The summed E-state index contributed by atoms with van der Waals surface area (Å²) < 4.78 is 0. The number of amides is 2. The summed E-state index contributed by atoms with van der Waals surface area (Å²) in [7, 11) is 0. The average molecular weight is 422 g/mol. The van der Waals surface area contributed by atoms with Gasteiger partial charge in [0.25, 0.3) is 0 Å². The summed E-state index contributed by atoms with van der Waals surface area (Å²) in [6.45, 7) is 4.16. The fourth-order valence-electron chi connectivity index (χ4n) is 4.67. The Morgan fingerprint density at radius 1 is 1.13 bits per heavy atom. The molecular formula is C24H31N5O2. The highest BCUT2D eigenvalue weighted by atomic mass is 16.2. The molecule has 164 valence electrons. The standard InChI is InChI=1S/C24H31N5O2/c1-17-19-10-11-22(31)29(16-12-18-7-3-2-4-8-18)24(19)27-23(26-17)20-9-5-6-14-28(20)15-13-21(25)30/h2-4,7-8,20H,5-6,9-16H2,1H3,(H2,25,30). The van der Waals surface area contributed by atoms with E-state index in [0.29, 0.717) is 32.4 Å². The number of fused-ring (bicyclic) bond motifs is 1. The van der Waals surface area contributed by atoms with Gasteiger partial charge >= 0.3 is 0 Å². The molecule has 0 spiro atoms. The lowest BCUT2D eigenvalue weighted by atomic mass is 9.99. The Bertz CT molecular complexity index is 946. The van der Waals surface area contributed by atoms with Crippen LogP contribution in [-0.2, 0) is 22.4 Å². The van der Waals surface area contributed by atoms with E-state index in [1.165, 1.54) is 5.56 Å². The Kier molecular flexibility index (Phi) is 6.61. The van der Waals surface area contributed by atoms with Crippen molar-refractivity contribution in [3.05, 3.63) is 53.0 Å². The summed E-state index contributed by atoms with van der Waals surface area (Å²) in [5, 5.41) is 0. The molecule has 0 radical (unpaired) electrons. The largest absolute Gasteiger partial charge is 0.370 e. The van der Waals surface area contributed by atoms with Gasteiger partial charge in [0, 0.05) is 37.2 Å². The molecule has 4 rings (SSSR count). The number of hydrogen-bond acceptors (Lipinski definition) is 5. The van der Waals surface area contributed by atoms with Gasteiger partial charge in [0.05, 0.1) is 6.04 Å². The van der Waals surface area contributed by atoms with Gasteiger partial charge in [-0.1, -0.05) is 36.8 Å². The maximum atomic E-state index is 12.8. The van der Waals surface area contributed by atoms with Crippen LogP contribution >= 0.6 is 0 Å². The molecule has 1 aromatic heterocycles. The lowest BCUT2D eigenvalue weighted by molar-refractivity contribution is -0.119. The number of hydrogen-bond donors (Lipinski definition) is 1. The molecular weight excluding hydrogens is 390 g/mol. The van der Waals surface area contributed by atoms with Gasteiger partial charge in [0.1, 0.15) is 11.6 Å². The van der Waals surface area contributed by atoms with E-state index in [4.69, 9.17) is 15.7 Å². The smallest absolute Gasteiger partial charge is 0.228 e. The van der Waals surface area contributed by atoms with Gasteiger partial charge in [-0.2, -0.15) is 0 Å². The summed E-state index contributed by atoms with van der Waals surface area (Å²) in [5.41, 5.74) is 8.63. The van der Waals surface area contributed by atoms with Crippen LogP contribution in [0.15, 0.2) is 30.3 Å². The van der Waals surface area contributed by atoms with Crippen molar-refractivity contribution >= 4 is 17.6 Å². The maximum Gasteiger partial charge on any atom is 0.228 e. The number of carbonyl (C=O) groups is 2. The highest BCUT2D eigenvalue weighted by molar-refractivity contribution is 5.95. The van der Waals surface area contributed by atoms with Crippen LogP contribution in [0.4, 0.5) is 5.82 Å². The second-order valence-corrected chi connectivity index (χ2v) is 8.51. The van der Waals surface area contributed by atoms with Gasteiger partial charge in [0.2, 0.25) is 11.8 Å². The summed E-state index contributed by atoms with van der Waals surface area (Å²) in [4.78, 5) is 38.1. The van der Waals surface area contributed by atoms with Crippen LogP contribution in [0.1, 0.15) is 60.8 Å². The summed E-state index contributed by atoms with van der Waals surface area (Å²) in [6.07, 6.45) is 5.47. The minimum Gasteiger partial charge on any atom is -0.370 e. The predicted octanol–water partition coefficient (Wildman–Crippen LogP) is 2.71. The molecule has 1 atom stereocenters. The van der Waals surface area contributed by atoms with Gasteiger partial charge in [0.15, 0.2) is 0 Å². The van der Waals surface area contributed by atoms with Gasteiger partial charge in [-0.3, -0.25) is 19.4 Å². The van der Waals surface area contributed by atoms with E-state index in [2.05, 4.69) is 17.0 Å². The number of aromatic nitrogens is 2. The Morgan fingerprint density at radius 3 is 2.71 bits per heavy atom. The molecule has 1 saturated heterocycles. The number of nitrogens with zero attached hydrogens (tertiary/aromatic N) is 4. The maximum absolute atomic E-state index is 12.8. The SMILES string of the molecule is Cc1nc(C2CCCCN2CCC(N)=O)nc2c1CCC(=O)N2CCc1ccccc1. The van der Waals surface area contributed by atoms with E-state index in [9.17, 15) is 9.59 Å². The summed E-state index contributed by atoms with van der Waals surface area (Å²) in [5.74, 6) is 1.38. The minimum absolute atomic E-state index is 0.0603. The molecule has 2 aromatic rings. The quantitative estimate of drug-likeness (QED) is 0.742. The van der Waals surface area contributed by atoms with Crippen molar-refractivity contribution in [3.8, 4) is 0 Å². The molecule has 1 unspecified atom stereocenters. The third-order valence-corrected chi connectivity index (χ3v) is 6.38. The molecule has 0 bridgehead atoms. The fourth-order valence-corrected chi connectivity index (χ4v) is 4.67. The van der Waals surface area contributed by atoms with Crippen LogP contribution in [0.25, 0.3) is 0 Å². The zero-order valence-electron chi connectivity index (χ0n) is 18.2. The number of primary amides is 1. The van der Waals surface area contributed by atoms with Gasteiger partial charge < -0.3 is 5.73 Å². The third kappa shape index (κ3) is 4.93. The Hall–Kier alpha value is -2.80. The normalized spacial score (nSPS) is 19.3. The third-order valence-electron chi connectivity index (χ3n) is 6.38. The molecule has 2 aliphatic rings. The van der Waals surface area contributed by atoms with Crippen LogP contribution in [0.3, 0.4) is 0 Å². The van der Waals surface area contributed by atoms with Gasteiger partial charge in [-0.05, 0) is 44.7 Å². The first-order valence-corrected chi connectivity index (χ1v) is 11.3. The highest BCUT2D eigenvalue weighted by Gasteiger charge is 2.32. The van der Waals surface area contributed by atoms with E-state index in [-0.39, 0.29) is 17.9 Å². The number of rotatable bonds is 7. The number of piperidine rings is 1. The molecule has 2 aliphatic heterocycles. The Balaban J connectivity index is 1.61. The van der Waals surface area contributed by atoms with Crippen LogP contribution in [0.2, 0.25) is 0 Å². The first-order valence-electron chi connectivity index (χ1n) is 11.3. The average Bonchev–Trinajstić information content (AvgIpc) is 2.77. The van der Waals surface area contributed by atoms with Crippen molar-refractivity contribution in [1.82, 2.24) is 14.9 Å². The Labute approximate surface area is 183 Å². The molecule has 0 aliphatic carbocycles. The van der Waals surface area contributed by atoms with Crippen molar-refractivity contribution in [2.75, 3.05) is 24.5 Å². The molecule has 1 aromatic carbocycles. The molecule has 31 heavy (non-hydrogen) atoms. The van der Waals surface area contributed by atoms with E-state index < -0.39 is 0 Å². The van der Waals surface area contributed by atoms with Crippen molar-refractivity contribution in [3.63, 3.8) is 0 Å². The lowest BCUT2D eigenvalue weighted by Gasteiger charge is -2.36. The number of benzene rings is 1. The molecule has 2 amide bonds. The van der Waals surface area contributed by atoms with E-state index in [1.807, 2.05) is 30.0 Å². The zero-order valence-corrected chi connectivity index (χ0v) is 18.2. The molecule has 1 fully saturated rings. The topological polar surface area (TPSA) is 92.4 Å². The van der Waals surface area contributed by atoms with E-state index in [1.54, 1.807) is 0 Å². The molecule has 7 heteroatoms. The van der Waals surface area contributed by atoms with Crippen LogP contribution in [-0.4, -0.2) is 46.3 Å². The van der Waals surface area contributed by atoms with Crippen molar-refractivity contribution < 1.29 is 9.59 Å². The molecule has 2 N–H and O–H groups in total. The molecule has 3 heterocycles. The predicted molar refractivity (Wildman–Crippen MR) is 120 cm³/mol. The van der Waals surface area contributed by atoms with E-state index >= 15 is 0 Å². The highest BCUT2D eigenvalue weighted by Crippen LogP contribution is 2.34. The number of aryl methyl sites for hydroxylation is 1. The fraction of sp³-hybridized carbons (Fsp3) is 0.500. The second kappa shape index (κ2) is 9.56. The number of nitrogens with two attached hydrogens (primary N) is 1. The van der Waals surface area contributed by atoms with Crippen molar-refractivity contribution in [2.24, 2.45) is 5.73 Å². The second-order valence-electron chi connectivity index (χ2n) is 8.51. The zero-order chi connectivity index (χ0) is 21.8. The van der Waals surface area contributed by atoms with Gasteiger partial charge in [-0.25, -0.2) is 9.97 Å². The van der Waals surface area contributed by atoms with Crippen LogP contribution < -0.4 is 10.6 Å². The van der Waals surface area contributed by atoms with Gasteiger partial charge in [-0.15, -0.1) is 0 Å². The summed E-state index contributed by atoms with van der Waals surface area (Å²) in [6, 6.07) is 10.3. The number of anilines is 1. The van der Waals surface area contributed by atoms with E-state index in [0.717, 1.165) is 55.1 Å². The molecule has 7 nitrogen and oxygen atoms in total.